The summed E-state index contributed by atoms with van der Waals surface area (Å²) in [5, 5.41) is 0. The smallest absolute Gasteiger partial charge is 0.133 e. The lowest BCUT2D eigenvalue weighted by molar-refractivity contribution is 0.319. The first-order chi connectivity index (χ1) is 8.79. The molecule has 1 aromatic heterocycles. The molecule has 4 heteroatoms. The van der Waals surface area contributed by atoms with Crippen molar-refractivity contribution >= 4 is 15.9 Å². The van der Waals surface area contributed by atoms with E-state index in [0.29, 0.717) is 6.61 Å². The van der Waals surface area contributed by atoms with Crippen molar-refractivity contribution in [2.45, 2.75) is 6.42 Å². The lowest BCUT2D eigenvalue weighted by atomic mass is 10.2. The summed E-state index contributed by atoms with van der Waals surface area (Å²) >= 11 is 3.46. The Morgan fingerprint density at radius 2 is 2.17 bits per heavy atom. The Morgan fingerprint density at radius 1 is 1.28 bits per heavy atom. The fourth-order valence-electron chi connectivity index (χ4n) is 1.55. The highest BCUT2D eigenvalue weighted by Gasteiger charge is 2.03. The number of hydrogen-bond acceptors (Lipinski definition) is 3. The molecule has 1 heterocycles. The molecule has 0 bridgehead atoms. The number of pyridine rings is 1. The van der Waals surface area contributed by atoms with Crippen LogP contribution in [0.3, 0.4) is 0 Å². The van der Waals surface area contributed by atoms with Gasteiger partial charge in [-0.1, -0.05) is 6.07 Å². The number of hydrogen-bond donors (Lipinski definition) is 0. The molecule has 2 aromatic rings. The van der Waals surface area contributed by atoms with Crippen molar-refractivity contribution in [3.63, 3.8) is 0 Å². The maximum Gasteiger partial charge on any atom is 0.133 e. The predicted octanol–water partition coefficient (Wildman–Crippen LogP) is 3.47. The molecule has 0 saturated heterocycles. The molecule has 3 nitrogen and oxygen atoms in total. The average Bonchev–Trinajstić information content (AvgIpc) is 2.42. The molecule has 0 unspecified atom stereocenters. The second-order valence-corrected chi connectivity index (χ2v) is 4.61. The molecular formula is C14H14BrNO2. The minimum absolute atomic E-state index is 0.622. The summed E-state index contributed by atoms with van der Waals surface area (Å²) in [6.07, 6.45) is 4.46. The summed E-state index contributed by atoms with van der Waals surface area (Å²) in [6.45, 7) is 0.622. The van der Waals surface area contributed by atoms with Gasteiger partial charge < -0.3 is 9.47 Å². The van der Waals surface area contributed by atoms with Crippen LogP contribution in [-0.4, -0.2) is 18.7 Å². The maximum atomic E-state index is 5.71. The van der Waals surface area contributed by atoms with Crippen LogP contribution in [0.25, 0.3) is 0 Å². The maximum absolute atomic E-state index is 5.71. The van der Waals surface area contributed by atoms with E-state index >= 15 is 0 Å². The molecule has 0 radical (unpaired) electrons. The summed E-state index contributed by atoms with van der Waals surface area (Å²) < 4.78 is 11.7. The van der Waals surface area contributed by atoms with Gasteiger partial charge >= 0.3 is 0 Å². The van der Waals surface area contributed by atoms with Crippen LogP contribution in [0, 0.1) is 0 Å². The SMILES string of the molecule is COc1ccc(OCCc2cccnc2)c(Br)c1. The van der Waals surface area contributed by atoms with Crippen LogP contribution in [0.4, 0.5) is 0 Å². The Bertz CT molecular complexity index is 502. The molecule has 0 fully saturated rings. The minimum Gasteiger partial charge on any atom is -0.497 e. The third-order valence-corrected chi connectivity index (χ3v) is 3.13. The van der Waals surface area contributed by atoms with Gasteiger partial charge in [-0.15, -0.1) is 0 Å². The summed E-state index contributed by atoms with van der Waals surface area (Å²) in [5.41, 5.74) is 1.17. The Morgan fingerprint density at radius 3 is 2.83 bits per heavy atom. The highest BCUT2D eigenvalue weighted by molar-refractivity contribution is 9.10. The Labute approximate surface area is 115 Å². The quantitative estimate of drug-likeness (QED) is 0.847. The van der Waals surface area contributed by atoms with Crippen molar-refractivity contribution in [1.29, 1.82) is 0 Å². The van der Waals surface area contributed by atoms with E-state index in [-0.39, 0.29) is 0 Å². The van der Waals surface area contributed by atoms with Gasteiger partial charge in [0.15, 0.2) is 0 Å². The molecule has 18 heavy (non-hydrogen) atoms. The van der Waals surface area contributed by atoms with Crippen LogP contribution < -0.4 is 9.47 Å². The van der Waals surface area contributed by atoms with Crippen LogP contribution in [0.15, 0.2) is 47.2 Å². The second kappa shape index (κ2) is 6.40. The number of rotatable bonds is 5. The van der Waals surface area contributed by atoms with Crippen molar-refractivity contribution in [2.24, 2.45) is 0 Å². The fraction of sp³-hybridized carbons (Fsp3) is 0.214. The van der Waals surface area contributed by atoms with E-state index in [2.05, 4.69) is 20.9 Å². The Balaban J connectivity index is 1.91. The number of ether oxygens (including phenoxy) is 2. The second-order valence-electron chi connectivity index (χ2n) is 3.76. The first kappa shape index (κ1) is 12.9. The van der Waals surface area contributed by atoms with Crippen molar-refractivity contribution in [3.05, 3.63) is 52.8 Å². The molecule has 0 aliphatic heterocycles. The Hall–Kier alpha value is -1.55. The molecule has 94 valence electrons. The van der Waals surface area contributed by atoms with Crippen LogP contribution in [0.1, 0.15) is 5.56 Å². The van der Waals surface area contributed by atoms with E-state index in [1.807, 2.05) is 36.5 Å². The molecule has 2 rings (SSSR count). The Kier molecular flexibility index (Phi) is 4.59. The summed E-state index contributed by atoms with van der Waals surface area (Å²) in [7, 11) is 1.64. The largest absolute Gasteiger partial charge is 0.497 e. The highest BCUT2D eigenvalue weighted by Crippen LogP contribution is 2.29. The fourth-order valence-corrected chi connectivity index (χ4v) is 2.02. The number of aromatic nitrogens is 1. The van der Waals surface area contributed by atoms with Gasteiger partial charge in [-0.25, -0.2) is 0 Å². The van der Waals surface area contributed by atoms with Crippen LogP contribution in [0.2, 0.25) is 0 Å². The van der Waals surface area contributed by atoms with Gasteiger partial charge in [0.25, 0.3) is 0 Å². The van der Waals surface area contributed by atoms with E-state index in [1.54, 1.807) is 13.3 Å². The van der Waals surface area contributed by atoms with E-state index in [0.717, 1.165) is 22.4 Å². The lowest BCUT2D eigenvalue weighted by Crippen LogP contribution is -2.02. The van der Waals surface area contributed by atoms with Gasteiger partial charge in [0, 0.05) is 18.8 Å². The summed E-state index contributed by atoms with van der Waals surface area (Å²) in [4.78, 5) is 4.07. The molecule has 0 amide bonds. The van der Waals surface area contributed by atoms with Gasteiger partial charge in [0.1, 0.15) is 11.5 Å². The van der Waals surface area contributed by atoms with Gasteiger partial charge in [0.05, 0.1) is 18.2 Å². The molecule has 0 aliphatic rings. The van der Waals surface area contributed by atoms with Gasteiger partial charge in [0.2, 0.25) is 0 Å². The topological polar surface area (TPSA) is 31.4 Å². The molecule has 1 aromatic carbocycles. The monoisotopic (exact) mass is 307 g/mol. The molecule has 0 spiro atoms. The van der Waals surface area contributed by atoms with Gasteiger partial charge in [-0.05, 0) is 45.8 Å². The van der Waals surface area contributed by atoms with Gasteiger partial charge in [-0.2, -0.15) is 0 Å². The van der Waals surface area contributed by atoms with E-state index in [9.17, 15) is 0 Å². The minimum atomic E-state index is 0.622. The van der Waals surface area contributed by atoms with Crippen molar-refractivity contribution < 1.29 is 9.47 Å². The molecule has 0 aliphatic carbocycles. The molecule has 0 N–H and O–H groups in total. The standard InChI is InChI=1S/C14H14BrNO2/c1-17-12-4-5-14(13(15)9-12)18-8-6-11-3-2-7-16-10-11/h2-5,7,9-10H,6,8H2,1H3. The zero-order chi connectivity index (χ0) is 12.8. The van der Waals surface area contributed by atoms with Crippen LogP contribution in [-0.2, 0) is 6.42 Å². The predicted molar refractivity (Wildman–Crippen MR) is 74.1 cm³/mol. The first-order valence-electron chi connectivity index (χ1n) is 5.65. The number of methoxy groups -OCH3 is 1. The van der Waals surface area contributed by atoms with Crippen molar-refractivity contribution in [3.8, 4) is 11.5 Å². The molecule has 0 atom stereocenters. The van der Waals surface area contributed by atoms with E-state index < -0.39 is 0 Å². The summed E-state index contributed by atoms with van der Waals surface area (Å²) in [5.74, 6) is 1.63. The lowest BCUT2D eigenvalue weighted by Gasteiger charge is -2.09. The van der Waals surface area contributed by atoms with E-state index in [4.69, 9.17) is 9.47 Å². The normalized spacial score (nSPS) is 10.1. The number of nitrogens with zero attached hydrogens (tertiary/aromatic N) is 1. The first-order valence-corrected chi connectivity index (χ1v) is 6.44. The van der Waals surface area contributed by atoms with Crippen LogP contribution >= 0.6 is 15.9 Å². The number of halogens is 1. The van der Waals surface area contributed by atoms with Crippen molar-refractivity contribution in [1.82, 2.24) is 4.98 Å². The zero-order valence-corrected chi connectivity index (χ0v) is 11.7. The third-order valence-electron chi connectivity index (χ3n) is 2.51. The molecule has 0 saturated carbocycles. The average molecular weight is 308 g/mol. The zero-order valence-electron chi connectivity index (χ0n) is 10.1. The van der Waals surface area contributed by atoms with Crippen molar-refractivity contribution in [2.75, 3.05) is 13.7 Å². The van der Waals surface area contributed by atoms with Gasteiger partial charge in [-0.3, -0.25) is 4.98 Å². The summed E-state index contributed by atoms with van der Waals surface area (Å²) in [6, 6.07) is 9.63. The molecular weight excluding hydrogens is 294 g/mol. The number of benzene rings is 1. The third kappa shape index (κ3) is 3.47. The van der Waals surface area contributed by atoms with E-state index in [1.165, 1.54) is 5.56 Å². The highest BCUT2D eigenvalue weighted by atomic mass is 79.9. The van der Waals surface area contributed by atoms with Crippen LogP contribution in [0.5, 0.6) is 11.5 Å².